The Morgan fingerprint density at radius 1 is 1.45 bits per heavy atom. The molecule has 60 valence electrons. The molecule has 2 nitrogen and oxygen atoms in total. The third-order valence-electron chi connectivity index (χ3n) is 1.27. The second-order valence-electron chi connectivity index (χ2n) is 2.17. The molecule has 0 bridgehead atoms. The Kier molecular flexibility index (Phi) is 4.45. The number of rotatable bonds is 0. The van der Waals surface area contributed by atoms with Gasteiger partial charge < -0.3 is 5.32 Å². The summed E-state index contributed by atoms with van der Waals surface area (Å²) in [5.41, 5.74) is 1.79. The van der Waals surface area contributed by atoms with Crippen molar-refractivity contribution in [1.29, 1.82) is 0 Å². The second-order valence-corrected chi connectivity index (χ2v) is 2.93. The Morgan fingerprint density at radius 2 is 2.45 bits per heavy atom. The average molecular weight is 168 g/mol. The van der Waals surface area contributed by atoms with Gasteiger partial charge in [-0.05, 0) is 19.0 Å². The minimum absolute atomic E-state index is 1.16. The molecule has 1 aromatic heterocycles. The highest BCUT2D eigenvalue weighted by Gasteiger charge is 1.84. The van der Waals surface area contributed by atoms with Gasteiger partial charge in [0.05, 0.1) is 5.51 Å². The topological polar surface area (TPSA) is 24.9 Å². The van der Waals surface area contributed by atoms with Crippen molar-refractivity contribution in [2.75, 3.05) is 6.54 Å². The molecule has 0 aromatic carbocycles. The average Bonchev–Trinajstić information content (AvgIpc) is 2.64. The summed E-state index contributed by atoms with van der Waals surface area (Å²) in [6, 6.07) is 0. The van der Waals surface area contributed by atoms with Gasteiger partial charge in [0.25, 0.3) is 0 Å². The molecule has 0 saturated carbocycles. The third-order valence-corrected chi connectivity index (χ3v) is 1.80. The Morgan fingerprint density at radius 3 is 2.64 bits per heavy atom. The summed E-state index contributed by atoms with van der Waals surface area (Å²) in [4.78, 5) is 3.74. The standard InChI is InChI=1S/C5H9N.C3H3NS/c1-2-4-6-5-3-1;1-2-5-3-4-1/h2,4,6H,1,3,5H2;1-3H. The van der Waals surface area contributed by atoms with Gasteiger partial charge in [0.2, 0.25) is 0 Å². The molecule has 1 N–H and O–H groups in total. The lowest BCUT2D eigenvalue weighted by Crippen LogP contribution is -2.09. The molecule has 1 aliphatic rings. The molecular formula is C8H12N2S. The van der Waals surface area contributed by atoms with Crippen LogP contribution in [0.2, 0.25) is 0 Å². The van der Waals surface area contributed by atoms with E-state index in [0.717, 1.165) is 6.54 Å². The van der Waals surface area contributed by atoms with Crippen molar-refractivity contribution in [2.24, 2.45) is 0 Å². The van der Waals surface area contributed by atoms with Crippen LogP contribution in [-0.2, 0) is 0 Å². The monoisotopic (exact) mass is 168 g/mol. The van der Waals surface area contributed by atoms with Gasteiger partial charge in [-0.25, -0.2) is 0 Å². The van der Waals surface area contributed by atoms with E-state index in [2.05, 4.69) is 16.4 Å². The van der Waals surface area contributed by atoms with Crippen LogP contribution in [-0.4, -0.2) is 11.5 Å². The summed E-state index contributed by atoms with van der Waals surface area (Å²) < 4.78 is 0. The summed E-state index contributed by atoms with van der Waals surface area (Å²) in [6.07, 6.45) is 8.50. The Hall–Kier alpha value is -0.830. The largest absolute Gasteiger partial charge is 0.391 e. The minimum atomic E-state index is 1.16. The van der Waals surface area contributed by atoms with Crippen LogP contribution in [0.3, 0.4) is 0 Å². The molecule has 0 atom stereocenters. The molecule has 0 unspecified atom stereocenters. The Labute approximate surface area is 71.0 Å². The van der Waals surface area contributed by atoms with Crippen LogP contribution in [0.25, 0.3) is 0 Å². The van der Waals surface area contributed by atoms with E-state index in [0.29, 0.717) is 0 Å². The van der Waals surface area contributed by atoms with Gasteiger partial charge in [0, 0.05) is 18.1 Å². The number of hydrogen-bond acceptors (Lipinski definition) is 3. The first-order valence-electron chi connectivity index (χ1n) is 3.70. The first kappa shape index (κ1) is 8.27. The van der Waals surface area contributed by atoms with E-state index in [1.807, 2.05) is 11.6 Å². The van der Waals surface area contributed by atoms with Gasteiger partial charge >= 0.3 is 0 Å². The maximum atomic E-state index is 3.74. The van der Waals surface area contributed by atoms with Gasteiger partial charge in [-0.15, -0.1) is 11.3 Å². The second kappa shape index (κ2) is 5.92. The van der Waals surface area contributed by atoms with Gasteiger partial charge in [-0.1, -0.05) is 6.08 Å². The van der Waals surface area contributed by atoms with Crippen LogP contribution in [0.1, 0.15) is 12.8 Å². The predicted octanol–water partition coefficient (Wildman–Crippen LogP) is 2.03. The first-order valence-corrected chi connectivity index (χ1v) is 4.65. The number of thiazole rings is 1. The molecule has 0 spiro atoms. The van der Waals surface area contributed by atoms with Crippen molar-refractivity contribution in [3.05, 3.63) is 29.4 Å². The summed E-state index contributed by atoms with van der Waals surface area (Å²) in [5.74, 6) is 0. The zero-order valence-corrected chi connectivity index (χ0v) is 7.18. The number of nitrogens with one attached hydrogen (secondary N) is 1. The fourth-order valence-corrected chi connectivity index (χ4v) is 1.10. The molecule has 0 fully saturated rings. The number of aromatic nitrogens is 1. The molecule has 1 aliphatic heterocycles. The quantitative estimate of drug-likeness (QED) is 0.641. The molecular weight excluding hydrogens is 156 g/mol. The molecule has 1 aromatic rings. The number of allylic oxidation sites excluding steroid dienone is 1. The van der Waals surface area contributed by atoms with Crippen LogP contribution in [0.5, 0.6) is 0 Å². The smallest absolute Gasteiger partial charge is 0.0791 e. The van der Waals surface area contributed by atoms with E-state index in [-0.39, 0.29) is 0 Å². The molecule has 11 heavy (non-hydrogen) atoms. The van der Waals surface area contributed by atoms with E-state index >= 15 is 0 Å². The highest BCUT2D eigenvalue weighted by Crippen LogP contribution is 1.91. The summed E-state index contributed by atoms with van der Waals surface area (Å²) in [5, 5.41) is 5.03. The Balaban J connectivity index is 0.000000112. The Bertz CT molecular complexity index is 157. The van der Waals surface area contributed by atoms with E-state index in [1.54, 1.807) is 23.0 Å². The van der Waals surface area contributed by atoms with Crippen molar-refractivity contribution >= 4 is 11.3 Å². The lowest BCUT2D eigenvalue weighted by molar-refractivity contribution is 0.728. The van der Waals surface area contributed by atoms with Crippen molar-refractivity contribution in [2.45, 2.75) is 12.8 Å². The van der Waals surface area contributed by atoms with E-state index in [1.165, 1.54) is 12.8 Å². The fourth-order valence-electron chi connectivity index (χ4n) is 0.748. The van der Waals surface area contributed by atoms with Gasteiger partial charge in [-0.2, -0.15) is 0 Å². The van der Waals surface area contributed by atoms with Crippen LogP contribution in [0.15, 0.2) is 29.4 Å². The van der Waals surface area contributed by atoms with Gasteiger partial charge in [0.15, 0.2) is 0 Å². The SMILES string of the molecule is C1=CNCCC1.c1cscn1. The van der Waals surface area contributed by atoms with E-state index in [9.17, 15) is 0 Å². The maximum Gasteiger partial charge on any atom is 0.0791 e. The predicted molar refractivity (Wildman–Crippen MR) is 48.5 cm³/mol. The zero-order valence-electron chi connectivity index (χ0n) is 6.36. The highest BCUT2D eigenvalue weighted by molar-refractivity contribution is 7.07. The van der Waals surface area contributed by atoms with Crippen molar-refractivity contribution in [3.8, 4) is 0 Å². The maximum absolute atomic E-state index is 3.74. The normalized spacial score (nSPS) is 14.5. The third kappa shape index (κ3) is 4.56. The van der Waals surface area contributed by atoms with Crippen LogP contribution in [0, 0.1) is 0 Å². The molecule has 0 amide bonds. The summed E-state index contributed by atoms with van der Waals surface area (Å²) in [6.45, 7) is 1.16. The molecule has 2 heterocycles. The van der Waals surface area contributed by atoms with E-state index in [4.69, 9.17) is 0 Å². The lowest BCUT2D eigenvalue weighted by Gasteiger charge is -2.02. The van der Waals surface area contributed by atoms with Crippen molar-refractivity contribution in [1.82, 2.24) is 10.3 Å². The first-order chi connectivity index (χ1) is 5.50. The molecule has 0 aliphatic carbocycles. The molecule has 0 radical (unpaired) electrons. The van der Waals surface area contributed by atoms with Crippen LogP contribution < -0.4 is 5.32 Å². The number of hydrogen-bond donors (Lipinski definition) is 1. The molecule has 2 rings (SSSR count). The number of nitrogens with zero attached hydrogens (tertiary/aromatic N) is 1. The van der Waals surface area contributed by atoms with Crippen LogP contribution in [0.4, 0.5) is 0 Å². The molecule has 0 saturated heterocycles. The zero-order chi connectivity index (χ0) is 7.78. The highest BCUT2D eigenvalue weighted by atomic mass is 32.1. The molecule has 3 heteroatoms. The van der Waals surface area contributed by atoms with Gasteiger partial charge in [0.1, 0.15) is 0 Å². The lowest BCUT2D eigenvalue weighted by atomic mass is 10.2. The van der Waals surface area contributed by atoms with Gasteiger partial charge in [-0.3, -0.25) is 4.98 Å². The minimum Gasteiger partial charge on any atom is -0.391 e. The summed E-state index contributed by atoms with van der Waals surface area (Å²) in [7, 11) is 0. The van der Waals surface area contributed by atoms with Crippen molar-refractivity contribution < 1.29 is 0 Å². The fraction of sp³-hybridized carbons (Fsp3) is 0.375. The van der Waals surface area contributed by atoms with Crippen LogP contribution >= 0.6 is 11.3 Å². The summed E-state index contributed by atoms with van der Waals surface area (Å²) >= 11 is 1.60. The van der Waals surface area contributed by atoms with E-state index < -0.39 is 0 Å². The van der Waals surface area contributed by atoms with Crippen molar-refractivity contribution in [3.63, 3.8) is 0 Å².